The Bertz CT molecular complexity index is 537. The minimum atomic E-state index is 0.280. The van der Waals surface area contributed by atoms with Gasteiger partial charge in [-0.2, -0.15) is 4.98 Å². The number of nitrogens with zero attached hydrogens (tertiary/aromatic N) is 2. The number of nitrogens with one attached hydrogen (secondary N) is 1. The van der Waals surface area contributed by atoms with Gasteiger partial charge >= 0.3 is 0 Å². The molecule has 100 valence electrons. The van der Waals surface area contributed by atoms with Gasteiger partial charge in [-0.3, -0.25) is 0 Å². The molecule has 0 atom stereocenters. The fourth-order valence-electron chi connectivity index (χ4n) is 1.74. The zero-order valence-electron chi connectivity index (χ0n) is 11.2. The maximum atomic E-state index is 5.63. The minimum Gasteiger partial charge on any atom is -0.492 e. The molecule has 3 N–H and O–H groups in total. The lowest BCUT2D eigenvalue weighted by Gasteiger charge is -2.09. The van der Waals surface area contributed by atoms with E-state index in [0.717, 1.165) is 17.3 Å². The molecule has 1 aromatic carbocycles. The Hall–Kier alpha value is -2.30. The van der Waals surface area contributed by atoms with Gasteiger partial charge in [-0.25, -0.2) is 4.98 Å². The molecule has 0 bridgehead atoms. The highest BCUT2D eigenvalue weighted by Crippen LogP contribution is 2.12. The highest BCUT2D eigenvalue weighted by atomic mass is 16.5. The van der Waals surface area contributed by atoms with Crippen LogP contribution in [0, 0.1) is 13.8 Å². The van der Waals surface area contributed by atoms with E-state index in [1.54, 1.807) is 0 Å². The van der Waals surface area contributed by atoms with Gasteiger partial charge in [-0.1, -0.05) is 12.1 Å². The molecule has 0 aliphatic heterocycles. The van der Waals surface area contributed by atoms with Crippen molar-refractivity contribution in [1.29, 1.82) is 0 Å². The second kappa shape index (κ2) is 6.04. The Labute approximate surface area is 112 Å². The molecule has 0 radical (unpaired) electrons. The highest BCUT2D eigenvalue weighted by molar-refractivity contribution is 5.40. The maximum Gasteiger partial charge on any atom is 0.222 e. The fraction of sp³-hybridized carbons (Fsp3) is 0.286. The molecular formula is C14H18N4O. The predicted octanol–water partition coefficient (Wildman–Crippen LogP) is 2.17. The van der Waals surface area contributed by atoms with E-state index in [2.05, 4.69) is 15.3 Å². The lowest BCUT2D eigenvalue weighted by molar-refractivity contribution is 0.332. The Morgan fingerprint density at radius 3 is 2.79 bits per heavy atom. The lowest BCUT2D eigenvalue weighted by atomic mass is 10.2. The summed E-state index contributed by atoms with van der Waals surface area (Å²) >= 11 is 0. The van der Waals surface area contributed by atoms with Crippen LogP contribution >= 0.6 is 0 Å². The average Bonchev–Trinajstić information content (AvgIpc) is 2.34. The summed E-state index contributed by atoms with van der Waals surface area (Å²) in [6.45, 7) is 5.14. The largest absolute Gasteiger partial charge is 0.492 e. The Balaban J connectivity index is 1.80. The number of hydrogen-bond acceptors (Lipinski definition) is 5. The van der Waals surface area contributed by atoms with E-state index in [-0.39, 0.29) is 5.95 Å². The Morgan fingerprint density at radius 2 is 2.05 bits per heavy atom. The van der Waals surface area contributed by atoms with Crippen molar-refractivity contribution in [3.8, 4) is 5.75 Å². The number of nitrogen functional groups attached to an aromatic ring is 1. The van der Waals surface area contributed by atoms with Crippen LogP contribution in [0.4, 0.5) is 11.8 Å². The van der Waals surface area contributed by atoms with Crippen molar-refractivity contribution in [3.05, 3.63) is 41.6 Å². The second-order valence-corrected chi connectivity index (χ2v) is 4.34. The van der Waals surface area contributed by atoms with E-state index in [1.165, 1.54) is 5.56 Å². The van der Waals surface area contributed by atoms with Crippen LogP contribution in [0.1, 0.15) is 11.3 Å². The van der Waals surface area contributed by atoms with Gasteiger partial charge in [0, 0.05) is 11.8 Å². The third kappa shape index (κ3) is 4.13. The quantitative estimate of drug-likeness (QED) is 0.804. The fourth-order valence-corrected chi connectivity index (χ4v) is 1.74. The van der Waals surface area contributed by atoms with Crippen molar-refractivity contribution in [1.82, 2.24) is 9.97 Å². The summed E-state index contributed by atoms with van der Waals surface area (Å²) in [7, 11) is 0. The monoisotopic (exact) mass is 258 g/mol. The predicted molar refractivity (Wildman–Crippen MR) is 76.3 cm³/mol. The molecule has 0 spiro atoms. The topological polar surface area (TPSA) is 73.1 Å². The summed E-state index contributed by atoms with van der Waals surface area (Å²) in [6, 6.07) is 9.82. The third-order valence-corrected chi connectivity index (χ3v) is 2.54. The lowest BCUT2D eigenvalue weighted by Crippen LogP contribution is -2.13. The number of nitrogens with two attached hydrogens (primary N) is 1. The van der Waals surface area contributed by atoms with Crippen molar-refractivity contribution in [2.45, 2.75) is 13.8 Å². The van der Waals surface area contributed by atoms with E-state index in [1.807, 2.05) is 44.2 Å². The average molecular weight is 258 g/mol. The van der Waals surface area contributed by atoms with Crippen molar-refractivity contribution in [2.75, 3.05) is 24.2 Å². The van der Waals surface area contributed by atoms with Gasteiger partial charge in [0.25, 0.3) is 0 Å². The van der Waals surface area contributed by atoms with Gasteiger partial charge in [0.05, 0.1) is 6.54 Å². The number of rotatable bonds is 5. The van der Waals surface area contributed by atoms with E-state index < -0.39 is 0 Å². The van der Waals surface area contributed by atoms with Crippen molar-refractivity contribution in [3.63, 3.8) is 0 Å². The zero-order chi connectivity index (χ0) is 13.7. The Kier molecular flexibility index (Phi) is 4.18. The SMILES string of the molecule is Cc1cccc(OCCNc2cc(C)nc(N)n2)c1. The summed E-state index contributed by atoms with van der Waals surface area (Å²) in [5, 5.41) is 3.16. The standard InChI is InChI=1S/C14H18N4O/c1-10-4-3-5-12(8-10)19-7-6-16-13-9-11(2)17-14(15)18-13/h3-5,8-9H,6-7H2,1-2H3,(H3,15,16,17,18). The van der Waals surface area contributed by atoms with E-state index >= 15 is 0 Å². The first-order chi connectivity index (χ1) is 9.13. The summed E-state index contributed by atoms with van der Waals surface area (Å²) in [5.74, 6) is 1.88. The molecule has 5 nitrogen and oxygen atoms in total. The van der Waals surface area contributed by atoms with Gasteiger partial charge in [0.2, 0.25) is 5.95 Å². The number of hydrogen-bond donors (Lipinski definition) is 2. The highest BCUT2D eigenvalue weighted by Gasteiger charge is 1.99. The van der Waals surface area contributed by atoms with Crippen LogP contribution in [0.25, 0.3) is 0 Å². The molecule has 5 heteroatoms. The summed E-state index contributed by atoms with van der Waals surface area (Å²) in [6.07, 6.45) is 0. The van der Waals surface area contributed by atoms with Crippen molar-refractivity contribution < 1.29 is 4.74 Å². The molecule has 2 aromatic rings. The molecule has 1 heterocycles. The molecule has 0 fully saturated rings. The van der Waals surface area contributed by atoms with Gasteiger partial charge < -0.3 is 15.8 Å². The van der Waals surface area contributed by atoms with Crippen LogP contribution < -0.4 is 15.8 Å². The molecule has 2 rings (SSSR count). The van der Waals surface area contributed by atoms with Gasteiger partial charge in [-0.05, 0) is 31.5 Å². The first-order valence-electron chi connectivity index (χ1n) is 6.18. The molecule has 0 amide bonds. The number of aromatic nitrogens is 2. The van der Waals surface area contributed by atoms with E-state index in [0.29, 0.717) is 13.2 Å². The molecule has 0 aliphatic rings. The number of anilines is 2. The summed E-state index contributed by atoms with van der Waals surface area (Å²) < 4.78 is 5.63. The number of benzene rings is 1. The van der Waals surface area contributed by atoms with Gasteiger partial charge in [-0.15, -0.1) is 0 Å². The molecule has 0 aliphatic carbocycles. The van der Waals surface area contributed by atoms with Crippen LogP contribution in [0.3, 0.4) is 0 Å². The number of ether oxygens (including phenoxy) is 1. The van der Waals surface area contributed by atoms with Crippen molar-refractivity contribution >= 4 is 11.8 Å². The Morgan fingerprint density at radius 1 is 1.21 bits per heavy atom. The maximum absolute atomic E-state index is 5.63. The van der Waals surface area contributed by atoms with Gasteiger partial charge in [0.15, 0.2) is 0 Å². The van der Waals surface area contributed by atoms with Crippen LogP contribution in [0.5, 0.6) is 5.75 Å². The smallest absolute Gasteiger partial charge is 0.222 e. The zero-order valence-corrected chi connectivity index (χ0v) is 11.2. The van der Waals surface area contributed by atoms with Crippen LogP contribution in [0.2, 0.25) is 0 Å². The van der Waals surface area contributed by atoms with Crippen LogP contribution in [0.15, 0.2) is 30.3 Å². The first kappa shape index (κ1) is 13.1. The van der Waals surface area contributed by atoms with E-state index in [4.69, 9.17) is 10.5 Å². The third-order valence-electron chi connectivity index (χ3n) is 2.54. The molecule has 19 heavy (non-hydrogen) atoms. The molecule has 1 aromatic heterocycles. The van der Waals surface area contributed by atoms with E-state index in [9.17, 15) is 0 Å². The van der Waals surface area contributed by atoms with Gasteiger partial charge in [0.1, 0.15) is 18.2 Å². The molecule has 0 saturated carbocycles. The summed E-state index contributed by atoms with van der Waals surface area (Å²) in [5.41, 5.74) is 7.60. The normalized spacial score (nSPS) is 10.2. The minimum absolute atomic E-state index is 0.280. The van der Waals surface area contributed by atoms with Crippen LogP contribution in [-0.2, 0) is 0 Å². The molecular weight excluding hydrogens is 240 g/mol. The van der Waals surface area contributed by atoms with Crippen LogP contribution in [-0.4, -0.2) is 23.1 Å². The molecule has 0 saturated heterocycles. The molecule has 0 unspecified atom stereocenters. The first-order valence-corrected chi connectivity index (χ1v) is 6.18. The number of aryl methyl sites for hydroxylation is 2. The second-order valence-electron chi connectivity index (χ2n) is 4.34. The van der Waals surface area contributed by atoms with Crippen molar-refractivity contribution in [2.24, 2.45) is 0 Å². The summed E-state index contributed by atoms with van der Waals surface area (Å²) in [4.78, 5) is 8.11.